The van der Waals surface area contributed by atoms with Crippen molar-refractivity contribution in [1.82, 2.24) is 9.13 Å². The van der Waals surface area contributed by atoms with Gasteiger partial charge in [0.1, 0.15) is 0 Å². The molecule has 0 spiro atoms. The normalized spacial score (nSPS) is 11.6. The third-order valence-corrected chi connectivity index (χ3v) is 5.12. The maximum absolute atomic E-state index is 12.6. The van der Waals surface area contributed by atoms with Crippen LogP contribution in [-0.4, -0.2) is 23.5 Å². The minimum Gasteiger partial charge on any atom is -0.326 e. The standard InChI is InChI=1S/C19H22N4O4S/c1-2-22-16-8-3-4-9-17(16)23(19(22)25)11-10-18(24)21-15-7-5-6-14(12-15)13-28(20,26)27/h3-9,12H,2,10-11,13H2,1H3,(H,21,24)(H2,20,26,27). The highest BCUT2D eigenvalue weighted by Crippen LogP contribution is 2.15. The molecule has 3 rings (SSSR count). The highest BCUT2D eigenvalue weighted by Gasteiger charge is 2.13. The Hall–Kier alpha value is -2.91. The Morgan fingerprint density at radius 3 is 2.39 bits per heavy atom. The van der Waals surface area contributed by atoms with E-state index in [2.05, 4.69) is 5.32 Å². The molecular formula is C19H22N4O4S. The van der Waals surface area contributed by atoms with Crippen molar-refractivity contribution in [2.75, 3.05) is 5.32 Å². The molecule has 0 fully saturated rings. The molecule has 0 radical (unpaired) electrons. The van der Waals surface area contributed by atoms with Crippen LogP contribution in [0.15, 0.2) is 53.3 Å². The summed E-state index contributed by atoms with van der Waals surface area (Å²) < 4.78 is 25.7. The summed E-state index contributed by atoms with van der Waals surface area (Å²) in [5.74, 6) is -0.573. The van der Waals surface area contributed by atoms with Crippen LogP contribution in [0, 0.1) is 0 Å². The smallest absolute Gasteiger partial charge is 0.326 e. The lowest BCUT2D eigenvalue weighted by Gasteiger charge is -2.08. The second-order valence-electron chi connectivity index (χ2n) is 6.47. The lowest BCUT2D eigenvalue weighted by Crippen LogP contribution is -2.25. The summed E-state index contributed by atoms with van der Waals surface area (Å²) in [5.41, 5.74) is 2.45. The van der Waals surface area contributed by atoms with Crippen molar-refractivity contribution < 1.29 is 13.2 Å². The van der Waals surface area contributed by atoms with Gasteiger partial charge in [0.05, 0.1) is 16.8 Å². The lowest BCUT2D eigenvalue weighted by atomic mass is 10.2. The van der Waals surface area contributed by atoms with Gasteiger partial charge in [-0.25, -0.2) is 18.4 Å². The number of imidazole rings is 1. The SMILES string of the molecule is CCn1c(=O)n(CCC(=O)Nc2cccc(CS(N)(=O)=O)c2)c2ccccc21. The fourth-order valence-electron chi connectivity index (χ4n) is 3.20. The molecule has 0 bridgehead atoms. The molecule has 1 aromatic heterocycles. The third kappa shape index (κ3) is 4.49. The van der Waals surface area contributed by atoms with Crippen molar-refractivity contribution in [2.45, 2.75) is 32.2 Å². The topological polar surface area (TPSA) is 116 Å². The summed E-state index contributed by atoms with van der Waals surface area (Å²) >= 11 is 0. The molecule has 0 atom stereocenters. The fourth-order valence-corrected chi connectivity index (χ4v) is 3.85. The number of fused-ring (bicyclic) bond motifs is 1. The monoisotopic (exact) mass is 402 g/mol. The van der Waals surface area contributed by atoms with Crippen molar-refractivity contribution in [1.29, 1.82) is 0 Å². The zero-order chi connectivity index (χ0) is 20.3. The molecule has 8 nitrogen and oxygen atoms in total. The number of nitrogens with zero attached hydrogens (tertiary/aromatic N) is 2. The summed E-state index contributed by atoms with van der Waals surface area (Å²) in [4.78, 5) is 24.9. The Labute approximate surface area is 162 Å². The third-order valence-electron chi connectivity index (χ3n) is 4.38. The summed E-state index contributed by atoms with van der Waals surface area (Å²) in [7, 11) is -3.65. The second kappa shape index (κ2) is 7.99. The molecule has 148 valence electrons. The van der Waals surface area contributed by atoms with E-state index >= 15 is 0 Å². The molecule has 1 heterocycles. The Bertz CT molecular complexity index is 1180. The average Bonchev–Trinajstić information content (AvgIpc) is 2.89. The maximum atomic E-state index is 12.6. The van der Waals surface area contributed by atoms with E-state index in [-0.39, 0.29) is 30.3 Å². The largest absolute Gasteiger partial charge is 0.329 e. The second-order valence-corrected chi connectivity index (χ2v) is 8.09. The number of para-hydroxylation sites is 2. The number of rotatable bonds is 7. The van der Waals surface area contributed by atoms with Gasteiger partial charge in [-0.1, -0.05) is 24.3 Å². The molecule has 0 aliphatic rings. The molecule has 0 saturated heterocycles. The first-order chi connectivity index (χ1) is 13.3. The number of anilines is 1. The van der Waals surface area contributed by atoms with Gasteiger partial charge in [-0.05, 0) is 36.8 Å². The van der Waals surface area contributed by atoms with E-state index in [9.17, 15) is 18.0 Å². The molecule has 0 unspecified atom stereocenters. The minimum atomic E-state index is -3.65. The molecule has 28 heavy (non-hydrogen) atoms. The van der Waals surface area contributed by atoms with E-state index in [1.54, 1.807) is 33.4 Å². The summed E-state index contributed by atoms with van der Waals surface area (Å²) in [6.07, 6.45) is 0.108. The van der Waals surface area contributed by atoms with Gasteiger partial charge in [0.15, 0.2) is 0 Å². The van der Waals surface area contributed by atoms with Crippen LogP contribution in [0.1, 0.15) is 18.9 Å². The van der Waals surface area contributed by atoms with Crippen LogP contribution < -0.4 is 16.1 Å². The molecule has 1 amide bonds. The van der Waals surface area contributed by atoms with Gasteiger partial charge < -0.3 is 5.32 Å². The number of hydrogen-bond donors (Lipinski definition) is 2. The summed E-state index contributed by atoms with van der Waals surface area (Å²) in [6.45, 7) is 2.70. The number of nitrogens with two attached hydrogens (primary N) is 1. The molecule has 9 heteroatoms. The number of carbonyl (C=O) groups excluding carboxylic acids is 1. The van der Waals surface area contributed by atoms with Crippen molar-refractivity contribution >= 4 is 32.7 Å². The van der Waals surface area contributed by atoms with Crippen LogP contribution in [0.2, 0.25) is 0 Å². The number of aryl methyl sites for hydroxylation is 2. The number of primary sulfonamides is 1. The molecule has 0 aliphatic carbocycles. The fraction of sp³-hybridized carbons (Fsp3) is 0.263. The zero-order valence-electron chi connectivity index (χ0n) is 15.5. The van der Waals surface area contributed by atoms with Gasteiger partial charge in [-0.2, -0.15) is 0 Å². The quantitative estimate of drug-likeness (QED) is 0.625. The van der Waals surface area contributed by atoms with E-state index in [0.29, 0.717) is 17.8 Å². The number of nitrogens with one attached hydrogen (secondary N) is 1. The van der Waals surface area contributed by atoms with Crippen molar-refractivity contribution in [3.8, 4) is 0 Å². The summed E-state index contributed by atoms with van der Waals surface area (Å²) in [5, 5.41) is 7.78. The van der Waals surface area contributed by atoms with Gasteiger partial charge in [0.25, 0.3) is 0 Å². The van der Waals surface area contributed by atoms with Gasteiger partial charge >= 0.3 is 5.69 Å². The van der Waals surface area contributed by atoms with Crippen molar-refractivity contribution in [3.63, 3.8) is 0 Å². The number of hydrogen-bond acceptors (Lipinski definition) is 4. The molecule has 0 saturated carbocycles. The number of aromatic nitrogens is 2. The molecule has 3 aromatic rings. The highest BCUT2D eigenvalue weighted by molar-refractivity contribution is 7.88. The Balaban J connectivity index is 1.72. The van der Waals surface area contributed by atoms with Crippen LogP contribution in [-0.2, 0) is 33.7 Å². The molecular weight excluding hydrogens is 380 g/mol. The van der Waals surface area contributed by atoms with Gasteiger partial charge in [-0.15, -0.1) is 0 Å². The van der Waals surface area contributed by atoms with E-state index in [0.717, 1.165) is 11.0 Å². The predicted octanol–water partition coefficient (Wildman–Crippen LogP) is 1.64. The van der Waals surface area contributed by atoms with Gasteiger partial charge in [0, 0.05) is 25.2 Å². The maximum Gasteiger partial charge on any atom is 0.329 e. The average molecular weight is 402 g/mol. The summed E-state index contributed by atoms with van der Waals surface area (Å²) in [6, 6.07) is 14.0. The zero-order valence-corrected chi connectivity index (χ0v) is 16.3. The van der Waals surface area contributed by atoms with E-state index < -0.39 is 10.0 Å². The Morgan fingerprint density at radius 2 is 1.75 bits per heavy atom. The van der Waals surface area contributed by atoms with Crippen LogP contribution >= 0.6 is 0 Å². The first-order valence-electron chi connectivity index (χ1n) is 8.86. The van der Waals surface area contributed by atoms with Crippen LogP contribution in [0.5, 0.6) is 0 Å². The first-order valence-corrected chi connectivity index (χ1v) is 10.6. The highest BCUT2D eigenvalue weighted by atomic mass is 32.2. The minimum absolute atomic E-state index is 0.108. The molecule has 2 aromatic carbocycles. The lowest BCUT2D eigenvalue weighted by molar-refractivity contribution is -0.116. The van der Waals surface area contributed by atoms with Crippen molar-refractivity contribution in [2.24, 2.45) is 5.14 Å². The van der Waals surface area contributed by atoms with Crippen LogP contribution in [0.25, 0.3) is 11.0 Å². The number of benzene rings is 2. The molecule has 3 N–H and O–H groups in total. The number of amides is 1. The predicted molar refractivity (Wildman–Crippen MR) is 108 cm³/mol. The first kappa shape index (κ1) is 19.8. The number of sulfonamides is 1. The van der Waals surface area contributed by atoms with Gasteiger partial charge in [-0.3, -0.25) is 13.9 Å². The van der Waals surface area contributed by atoms with E-state index in [1.165, 1.54) is 0 Å². The van der Waals surface area contributed by atoms with Crippen LogP contribution in [0.4, 0.5) is 5.69 Å². The number of carbonyl (C=O) groups is 1. The van der Waals surface area contributed by atoms with Gasteiger partial charge in [0.2, 0.25) is 15.9 Å². The Kier molecular flexibility index (Phi) is 5.66. The van der Waals surface area contributed by atoms with E-state index in [4.69, 9.17) is 5.14 Å². The van der Waals surface area contributed by atoms with Crippen molar-refractivity contribution in [3.05, 3.63) is 64.6 Å². The molecule has 0 aliphatic heterocycles. The Morgan fingerprint density at radius 1 is 1.07 bits per heavy atom. The van der Waals surface area contributed by atoms with E-state index in [1.807, 2.05) is 31.2 Å². The van der Waals surface area contributed by atoms with Crippen LogP contribution in [0.3, 0.4) is 0 Å².